The molecule has 0 bridgehead atoms. The second-order valence-corrected chi connectivity index (χ2v) is 6.41. The number of nitrogens with zero attached hydrogens (tertiary/aromatic N) is 2. The van der Waals surface area contributed by atoms with Crippen LogP contribution in [0.5, 0.6) is 0 Å². The van der Waals surface area contributed by atoms with E-state index in [9.17, 15) is 0 Å². The Labute approximate surface area is 115 Å². The van der Waals surface area contributed by atoms with Crippen molar-refractivity contribution in [2.45, 2.75) is 45.2 Å². The van der Waals surface area contributed by atoms with Gasteiger partial charge in [-0.1, -0.05) is 6.42 Å². The molecule has 0 spiro atoms. The molecule has 1 aromatic rings. The van der Waals surface area contributed by atoms with Gasteiger partial charge in [-0.25, -0.2) is 0 Å². The minimum atomic E-state index is 0.549. The van der Waals surface area contributed by atoms with Crippen LogP contribution in [-0.4, -0.2) is 36.1 Å². The van der Waals surface area contributed by atoms with Gasteiger partial charge in [-0.3, -0.25) is 9.88 Å². The normalized spacial score (nSPS) is 26.4. The van der Waals surface area contributed by atoms with E-state index < -0.39 is 0 Å². The van der Waals surface area contributed by atoms with E-state index in [0.717, 1.165) is 6.54 Å². The van der Waals surface area contributed by atoms with Crippen LogP contribution in [0.15, 0.2) is 11.7 Å². The Balaban J connectivity index is 2.27. The maximum atomic E-state index is 4.29. The maximum absolute atomic E-state index is 4.29. The van der Waals surface area contributed by atoms with Gasteiger partial charge in [0, 0.05) is 17.1 Å². The highest BCUT2D eigenvalue weighted by Gasteiger charge is 2.32. The van der Waals surface area contributed by atoms with E-state index in [2.05, 4.69) is 42.3 Å². The molecule has 102 valence electrons. The van der Waals surface area contributed by atoms with Gasteiger partial charge in [0.2, 0.25) is 0 Å². The number of thiazole rings is 1. The zero-order valence-electron chi connectivity index (χ0n) is 11.7. The fourth-order valence-corrected chi connectivity index (χ4v) is 3.92. The second-order valence-electron chi connectivity index (χ2n) is 5.49. The zero-order chi connectivity index (χ0) is 13.0. The second kappa shape index (κ2) is 6.64. The van der Waals surface area contributed by atoms with Gasteiger partial charge >= 0.3 is 0 Å². The number of likely N-dealkylation sites (tertiary alicyclic amines) is 1. The van der Waals surface area contributed by atoms with Crippen molar-refractivity contribution in [1.82, 2.24) is 15.2 Å². The molecule has 1 saturated heterocycles. The molecular weight excluding hydrogens is 242 g/mol. The molecule has 3 nitrogen and oxygen atoms in total. The fourth-order valence-electron chi connectivity index (χ4n) is 3.09. The summed E-state index contributed by atoms with van der Waals surface area (Å²) < 4.78 is 0. The van der Waals surface area contributed by atoms with Crippen LogP contribution in [0.1, 0.15) is 44.0 Å². The van der Waals surface area contributed by atoms with Crippen LogP contribution in [0.3, 0.4) is 0 Å². The van der Waals surface area contributed by atoms with Crippen LogP contribution in [0, 0.1) is 5.92 Å². The number of hydrogen-bond donors (Lipinski definition) is 1. The average molecular weight is 267 g/mol. The maximum Gasteiger partial charge on any atom is 0.0794 e. The van der Waals surface area contributed by atoms with Crippen molar-refractivity contribution >= 4 is 11.3 Å². The van der Waals surface area contributed by atoms with Gasteiger partial charge in [0.05, 0.1) is 11.6 Å². The Morgan fingerprint density at radius 1 is 1.50 bits per heavy atom. The summed E-state index contributed by atoms with van der Waals surface area (Å²) in [6, 6.07) is 1.15. The van der Waals surface area contributed by atoms with E-state index >= 15 is 0 Å². The summed E-state index contributed by atoms with van der Waals surface area (Å²) in [6.45, 7) is 6.96. The van der Waals surface area contributed by atoms with Gasteiger partial charge in [0.15, 0.2) is 0 Å². The van der Waals surface area contributed by atoms with Crippen molar-refractivity contribution in [3.05, 3.63) is 16.6 Å². The smallest absolute Gasteiger partial charge is 0.0794 e. The highest BCUT2D eigenvalue weighted by atomic mass is 32.1. The van der Waals surface area contributed by atoms with Crippen LogP contribution in [0.2, 0.25) is 0 Å². The van der Waals surface area contributed by atoms with Crippen LogP contribution in [0.25, 0.3) is 0 Å². The van der Waals surface area contributed by atoms with Crippen molar-refractivity contribution in [3.63, 3.8) is 0 Å². The fraction of sp³-hybridized carbons (Fsp3) is 0.786. The van der Waals surface area contributed by atoms with Crippen LogP contribution in [0.4, 0.5) is 0 Å². The molecule has 18 heavy (non-hydrogen) atoms. The Morgan fingerprint density at radius 2 is 2.33 bits per heavy atom. The SMILES string of the molecule is CNCC1CCCCN(C(C)C)C1c1cncs1. The summed E-state index contributed by atoms with van der Waals surface area (Å²) in [5.74, 6) is 0.709. The van der Waals surface area contributed by atoms with Crippen molar-refractivity contribution < 1.29 is 0 Å². The number of aromatic nitrogens is 1. The minimum absolute atomic E-state index is 0.549. The van der Waals surface area contributed by atoms with Crippen LogP contribution in [-0.2, 0) is 0 Å². The Morgan fingerprint density at radius 3 is 2.94 bits per heavy atom. The van der Waals surface area contributed by atoms with Gasteiger partial charge in [-0.05, 0) is 52.7 Å². The first-order chi connectivity index (χ1) is 8.74. The molecule has 2 rings (SSSR count). The predicted molar refractivity (Wildman–Crippen MR) is 78.0 cm³/mol. The Hall–Kier alpha value is -0.450. The molecule has 1 aliphatic heterocycles. The van der Waals surface area contributed by atoms with E-state index in [1.807, 2.05) is 16.8 Å². The van der Waals surface area contributed by atoms with Gasteiger partial charge in [-0.15, -0.1) is 11.3 Å². The molecule has 0 radical (unpaired) electrons. The standard InChI is InChI=1S/C14H25N3S/c1-11(2)17-7-5-4-6-12(8-15-3)14(17)13-9-16-10-18-13/h9-12,14-15H,4-8H2,1-3H3. The predicted octanol–water partition coefficient (Wildman–Crippen LogP) is 2.91. The molecule has 1 aliphatic rings. The lowest BCUT2D eigenvalue weighted by Gasteiger charge is -2.37. The molecule has 4 heteroatoms. The number of rotatable bonds is 4. The van der Waals surface area contributed by atoms with E-state index in [4.69, 9.17) is 0 Å². The first-order valence-corrected chi connectivity index (χ1v) is 7.90. The molecule has 0 amide bonds. The highest BCUT2D eigenvalue weighted by Crippen LogP contribution is 2.37. The molecule has 0 aliphatic carbocycles. The summed E-state index contributed by atoms with van der Waals surface area (Å²) in [5, 5.41) is 3.37. The summed E-state index contributed by atoms with van der Waals surface area (Å²) in [4.78, 5) is 8.39. The lowest BCUT2D eigenvalue weighted by molar-refractivity contribution is 0.121. The lowest BCUT2D eigenvalue weighted by atomic mass is 9.93. The zero-order valence-corrected chi connectivity index (χ0v) is 12.5. The molecule has 0 aromatic carbocycles. The Bertz CT molecular complexity index is 337. The van der Waals surface area contributed by atoms with E-state index in [1.54, 1.807) is 0 Å². The first-order valence-electron chi connectivity index (χ1n) is 7.02. The summed E-state index contributed by atoms with van der Waals surface area (Å²) >= 11 is 1.81. The lowest BCUT2D eigenvalue weighted by Crippen LogP contribution is -2.40. The van der Waals surface area contributed by atoms with Crippen LogP contribution >= 0.6 is 11.3 Å². The van der Waals surface area contributed by atoms with Gasteiger partial charge in [-0.2, -0.15) is 0 Å². The topological polar surface area (TPSA) is 28.2 Å². The third kappa shape index (κ3) is 3.11. The van der Waals surface area contributed by atoms with Crippen LogP contribution < -0.4 is 5.32 Å². The first kappa shape index (κ1) is 14.0. The van der Waals surface area contributed by atoms with Crippen molar-refractivity contribution in [3.8, 4) is 0 Å². The van der Waals surface area contributed by atoms with Crippen molar-refractivity contribution in [2.75, 3.05) is 20.1 Å². The molecular formula is C14H25N3S. The summed E-state index contributed by atoms with van der Waals surface area (Å²) in [5.41, 5.74) is 1.97. The summed E-state index contributed by atoms with van der Waals surface area (Å²) in [6.07, 6.45) is 6.07. The molecule has 1 fully saturated rings. The average Bonchev–Trinajstić information content (AvgIpc) is 2.77. The molecule has 1 N–H and O–H groups in total. The number of hydrogen-bond acceptors (Lipinski definition) is 4. The molecule has 2 heterocycles. The van der Waals surface area contributed by atoms with Gasteiger partial charge in [0.1, 0.15) is 0 Å². The van der Waals surface area contributed by atoms with E-state index in [0.29, 0.717) is 18.0 Å². The summed E-state index contributed by atoms with van der Waals surface area (Å²) in [7, 11) is 2.06. The van der Waals surface area contributed by atoms with Gasteiger partial charge in [0.25, 0.3) is 0 Å². The third-order valence-corrected chi connectivity index (χ3v) is 4.76. The number of nitrogens with one attached hydrogen (secondary N) is 1. The van der Waals surface area contributed by atoms with Crippen molar-refractivity contribution in [1.29, 1.82) is 0 Å². The highest BCUT2D eigenvalue weighted by molar-refractivity contribution is 7.09. The minimum Gasteiger partial charge on any atom is -0.319 e. The molecule has 2 unspecified atom stereocenters. The third-order valence-electron chi connectivity index (χ3n) is 3.92. The molecule has 1 aromatic heterocycles. The van der Waals surface area contributed by atoms with E-state index in [1.165, 1.54) is 30.7 Å². The van der Waals surface area contributed by atoms with Gasteiger partial charge < -0.3 is 5.32 Å². The largest absolute Gasteiger partial charge is 0.319 e. The van der Waals surface area contributed by atoms with Crippen molar-refractivity contribution in [2.24, 2.45) is 5.92 Å². The monoisotopic (exact) mass is 267 g/mol. The Kier molecular flexibility index (Phi) is 5.15. The van der Waals surface area contributed by atoms with E-state index in [-0.39, 0.29) is 0 Å². The quantitative estimate of drug-likeness (QED) is 0.909. The molecule has 0 saturated carbocycles. The molecule has 2 atom stereocenters.